The molecule has 1 saturated heterocycles. The summed E-state index contributed by atoms with van der Waals surface area (Å²) in [5.41, 5.74) is 0.771. The summed E-state index contributed by atoms with van der Waals surface area (Å²) < 4.78 is 25.0. The molecule has 3 heterocycles. The summed E-state index contributed by atoms with van der Waals surface area (Å²) in [5, 5.41) is 9.29. The van der Waals surface area contributed by atoms with Crippen LogP contribution in [0.25, 0.3) is 0 Å². The predicted molar refractivity (Wildman–Crippen MR) is 95.2 cm³/mol. The number of hydrogen-bond acceptors (Lipinski definition) is 5. The second kappa shape index (κ2) is 7.06. The number of carbonyl (C=O) groups excluding carboxylic acids is 1. The molecule has 130 valence electrons. The molecule has 1 atom stereocenters. The fourth-order valence-electron chi connectivity index (χ4n) is 2.94. The van der Waals surface area contributed by atoms with Crippen LogP contribution in [0.15, 0.2) is 23.6 Å². The molecule has 1 aliphatic heterocycles. The predicted octanol–water partition coefficient (Wildman–Crippen LogP) is 2.57. The molecule has 8 heteroatoms. The van der Waals surface area contributed by atoms with Crippen molar-refractivity contribution in [2.45, 2.75) is 38.6 Å². The van der Waals surface area contributed by atoms with Gasteiger partial charge in [0.1, 0.15) is 5.82 Å². The van der Waals surface area contributed by atoms with E-state index in [4.69, 9.17) is 0 Å². The van der Waals surface area contributed by atoms with Gasteiger partial charge >= 0.3 is 0 Å². The highest BCUT2D eigenvalue weighted by molar-refractivity contribution is 7.91. The average Bonchev–Trinajstić information content (AvgIpc) is 3.20. The van der Waals surface area contributed by atoms with Gasteiger partial charge in [-0.2, -0.15) is 5.10 Å². The summed E-state index contributed by atoms with van der Waals surface area (Å²) in [4.78, 5) is 13.5. The average molecular weight is 367 g/mol. The highest BCUT2D eigenvalue weighted by Gasteiger charge is 2.31. The Hall–Kier alpha value is -1.67. The molecule has 2 aromatic heterocycles. The summed E-state index contributed by atoms with van der Waals surface area (Å²) >= 11 is 1.70. The summed E-state index contributed by atoms with van der Waals surface area (Å²) in [6.45, 7) is 1.84. The van der Waals surface area contributed by atoms with Crippen molar-refractivity contribution in [3.63, 3.8) is 0 Å². The van der Waals surface area contributed by atoms with Gasteiger partial charge in [-0.1, -0.05) is 6.07 Å². The molecule has 2 aromatic rings. The van der Waals surface area contributed by atoms with Crippen LogP contribution >= 0.6 is 11.3 Å². The van der Waals surface area contributed by atoms with Crippen molar-refractivity contribution in [2.75, 3.05) is 16.8 Å². The van der Waals surface area contributed by atoms with E-state index in [1.807, 2.05) is 18.4 Å². The smallest absolute Gasteiger partial charge is 0.225 e. The first-order valence-electron chi connectivity index (χ1n) is 8.02. The zero-order valence-electron chi connectivity index (χ0n) is 13.6. The van der Waals surface area contributed by atoms with Crippen LogP contribution in [-0.4, -0.2) is 35.6 Å². The molecule has 3 rings (SSSR count). The quantitative estimate of drug-likeness (QED) is 0.851. The van der Waals surface area contributed by atoms with Gasteiger partial charge in [-0.25, -0.2) is 13.1 Å². The molecule has 1 N–H and O–H groups in total. The van der Waals surface area contributed by atoms with Gasteiger partial charge in [0.25, 0.3) is 0 Å². The number of nitrogens with one attached hydrogen (secondary N) is 1. The summed E-state index contributed by atoms with van der Waals surface area (Å²) in [6, 6.07) is 5.69. The number of hydrogen-bond donors (Lipinski definition) is 1. The summed E-state index contributed by atoms with van der Waals surface area (Å²) in [7, 11) is -2.99. The van der Waals surface area contributed by atoms with E-state index in [0.29, 0.717) is 18.7 Å². The maximum Gasteiger partial charge on any atom is 0.225 e. The van der Waals surface area contributed by atoms with Crippen molar-refractivity contribution in [1.82, 2.24) is 9.78 Å². The molecule has 0 aliphatic carbocycles. The van der Waals surface area contributed by atoms with E-state index in [1.54, 1.807) is 22.1 Å². The van der Waals surface area contributed by atoms with Gasteiger partial charge in [0.05, 0.1) is 23.2 Å². The van der Waals surface area contributed by atoms with Gasteiger partial charge in [0.2, 0.25) is 5.91 Å². The maximum atomic E-state index is 12.2. The normalized spacial score (nSPS) is 19.5. The third kappa shape index (κ3) is 4.24. The number of nitrogens with zero attached hydrogens (tertiary/aromatic N) is 2. The Balaban J connectivity index is 1.59. The molecular formula is C16H21N3O3S2. The topological polar surface area (TPSA) is 81.1 Å². The summed E-state index contributed by atoms with van der Waals surface area (Å²) in [6.07, 6.45) is 2.66. The van der Waals surface area contributed by atoms with Crippen LogP contribution < -0.4 is 5.32 Å². The van der Waals surface area contributed by atoms with E-state index in [2.05, 4.69) is 16.5 Å². The standard InChI is InChI=1S/C16H21N3O3S2/c1-12-10-15(19(18-12)13-7-9-24(21,22)11-13)17-16(20)6-2-4-14-5-3-8-23-14/h3,5,8,10,13H,2,4,6-7,9,11H2,1H3,(H,17,20). The van der Waals surface area contributed by atoms with Crippen LogP contribution in [0.2, 0.25) is 0 Å². The SMILES string of the molecule is Cc1cc(NC(=O)CCCc2cccs2)n(C2CCS(=O)(=O)C2)n1. The van der Waals surface area contributed by atoms with Crippen LogP contribution in [0, 0.1) is 6.92 Å². The fraction of sp³-hybridized carbons (Fsp3) is 0.500. The van der Waals surface area contributed by atoms with Crippen molar-refractivity contribution in [3.05, 3.63) is 34.2 Å². The lowest BCUT2D eigenvalue weighted by atomic mass is 10.2. The molecule has 0 aromatic carbocycles. The molecular weight excluding hydrogens is 346 g/mol. The molecule has 1 aliphatic rings. The van der Waals surface area contributed by atoms with Crippen molar-refractivity contribution < 1.29 is 13.2 Å². The molecule has 24 heavy (non-hydrogen) atoms. The Bertz CT molecular complexity index is 810. The Labute approximate surface area is 145 Å². The lowest BCUT2D eigenvalue weighted by Gasteiger charge is -2.13. The van der Waals surface area contributed by atoms with E-state index in [1.165, 1.54) is 4.88 Å². The monoisotopic (exact) mass is 367 g/mol. The molecule has 0 bridgehead atoms. The van der Waals surface area contributed by atoms with Crippen LogP contribution in [0.1, 0.15) is 35.9 Å². The largest absolute Gasteiger partial charge is 0.311 e. The van der Waals surface area contributed by atoms with Gasteiger partial charge in [-0.3, -0.25) is 4.79 Å². The van der Waals surface area contributed by atoms with Gasteiger partial charge < -0.3 is 5.32 Å². The number of carbonyl (C=O) groups is 1. The fourth-order valence-corrected chi connectivity index (χ4v) is 5.38. The first kappa shape index (κ1) is 17.2. The second-order valence-electron chi connectivity index (χ2n) is 6.15. The van der Waals surface area contributed by atoms with Crippen LogP contribution in [-0.2, 0) is 21.1 Å². The zero-order valence-corrected chi connectivity index (χ0v) is 15.2. The Morgan fingerprint density at radius 1 is 1.50 bits per heavy atom. The number of aromatic nitrogens is 2. The van der Waals surface area contributed by atoms with E-state index in [-0.39, 0.29) is 23.5 Å². The third-order valence-corrected chi connectivity index (χ3v) is 6.77. The Morgan fingerprint density at radius 3 is 3.00 bits per heavy atom. The second-order valence-corrected chi connectivity index (χ2v) is 9.41. The van der Waals surface area contributed by atoms with Crippen LogP contribution in [0.4, 0.5) is 5.82 Å². The van der Waals surface area contributed by atoms with E-state index < -0.39 is 9.84 Å². The number of anilines is 1. The molecule has 0 saturated carbocycles. The van der Waals surface area contributed by atoms with Gasteiger partial charge in [0.15, 0.2) is 9.84 Å². The Kier molecular flexibility index (Phi) is 5.05. The van der Waals surface area contributed by atoms with Crippen LogP contribution in [0.5, 0.6) is 0 Å². The highest BCUT2D eigenvalue weighted by Crippen LogP contribution is 2.27. The first-order chi connectivity index (χ1) is 11.4. The van der Waals surface area contributed by atoms with Gasteiger partial charge in [-0.15, -0.1) is 11.3 Å². The van der Waals surface area contributed by atoms with E-state index in [0.717, 1.165) is 18.5 Å². The van der Waals surface area contributed by atoms with Crippen molar-refractivity contribution in [3.8, 4) is 0 Å². The lowest BCUT2D eigenvalue weighted by molar-refractivity contribution is -0.116. The van der Waals surface area contributed by atoms with Gasteiger partial charge in [0, 0.05) is 17.4 Å². The maximum absolute atomic E-state index is 12.2. The number of aryl methyl sites for hydroxylation is 2. The minimum absolute atomic E-state index is 0.0615. The molecule has 0 spiro atoms. The minimum Gasteiger partial charge on any atom is -0.311 e. The summed E-state index contributed by atoms with van der Waals surface area (Å²) in [5.74, 6) is 0.810. The zero-order chi connectivity index (χ0) is 17.2. The van der Waals surface area contributed by atoms with Crippen LogP contribution in [0.3, 0.4) is 0 Å². The molecule has 1 unspecified atom stereocenters. The highest BCUT2D eigenvalue weighted by atomic mass is 32.2. The lowest BCUT2D eigenvalue weighted by Crippen LogP contribution is -2.19. The van der Waals surface area contributed by atoms with Crippen molar-refractivity contribution in [1.29, 1.82) is 0 Å². The number of thiophene rings is 1. The van der Waals surface area contributed by atoms with E-state index in [9.17, 15) is 13.2 Å². The molecule has 1 fully saturated rings. The van der Waals surface area contributed by atoms with Gasteiger partial charge in [-0.05, 0) is 37.6 Å². The first-order valence-corrected chi connectivity index (χ1v) is 10.7. The Morgan fingerprint density at radius 2 is 2.33 bits per heavy atom. The number of sulfone groups is 1. The molecule has 6 nitrogen and oxygen atoms in total. The molecule has 1 amide bonds. The minimum atomic E-state index is -2.99. The van der Waals surface area contributed by atoms with E-state index >= 15 is 0 Å². The van der Waals surface area contributed by atoms with Crippen molar-refractivity contribution in [2.24, 2.45) is 0 Å². The third-order valence-electron chi connectivity index (χ3n) is 4.09. The molecule has 0 radical (unpaired) electrons. The van der Waals surface area contributed by atoms with Crippen molar-refractivity contribution >= 4 is 32.9 Å². The number of rotatable bonds is 6. The number of amides is 1.